The molecule has 2 unspecified atom stereocenters. The zero-order valence-electron chi connectivity index (χ0n) is 16.5. The Bertz CT molecular complexity index is 330. The fourth-order valence-corrected chi connectivity index (χ4v) is 3.06. The quantitative estimate of drug-likeness (QED) is 0.237. The molecule has 0 radical (unpaired) electrons. The lowest BCUT2D eigenvalue weighted by atomic mass is 9.91. The lowest BCUT2D eigenvalue weighted by molar-refractivity contribution is 0.371. The van der Waals surface area contributed by atoms with Gasteiger partial charge in [-0.05, 0) is 51.4 Å². The standard InChI is InChI=1S/C18H36.O5P2/c1-5-9-13-17(14-10-6-2)18(15-11-7-3)16-12-8-4;1-6(2)5-7(3)4/h5-16H2,1-4H3;/p+2. The highest BCUT2D eigenvalue weighted by Gasteiger charge is 2.31. The van der Waals surface area contributed by atoms with Gasteiger partial charge >= 0.3 is 16.5 Å². The molecule has 0 saturated carbocycles. The normalized spacial score (nSPS) is 11.4. The first-order valence-electron chi connectivity index (χ1n) is 9.62. The molecule has 0 bridgehead atoms. The molecule has 0 aliphatic carbocycles. The second kappa shape index (κ2) is 20.1. The summed E-state index contributed by atoms with van der Waals surface area (Å²) in [6.07, 6.45) is 16.4. The number of hydrogen-bond acceptors (Lipinski definition) is 3. The summed E-state index contributed by atoms with van der Waals surface area (Å²) < 4.78 is 22.2. The molecule has 0 aromatic rings. The van der Waals surface area contributed by atoms with E-state index in [4.69, 9.17) is 9.79 Å². The largest absolute Gasteiger partial charge is 0.745 e. The van der Waals surface area contributed by atoms with Gasteiger partial charge in [0.25, 0.3) is 0 Å². The first-order chi connectivity index (χ1) is 11.9. The van der Waals surface area contributed by atoms with E-state index in [2.05, 4.69) is 32.0 Å². The van der Waals surface area contributed by atoms with E-state index in [9.17, 15) is 9.13 Å². The van der Waals surface area contributed by atoms with E-state index in [1.807, 2.05) is 11.1 Å². The Morgan fingerprint density at radius 1 is 0.640 bits per heavy atom. The number of unbranched alkanes of at least 4 members (excludes halogenated alkanes) is 4. The van der Waals surface area contributed by atoms with Crippen LogP contribution in [0, 0.1) is 0 Å². The van der Waals surface area contributed by atoms with E-state index in [0.29, 0.717) is 0 Å². The van der Waals surface area contributed by atoms with E-state index in [1.165, 1.54) is 77.0 Å². The van der Waals surface area contributed by atoms with E-state index in [0.717, 1.165) is 0 Å². The molecule has 0 amide bonds. The van der Waals surface area contributed by atoms with Crippen LogP contribution in [0.2, 0.25) is 0 Å². The number of rotatable bonds is 14. The Kier molecular flexibility index (Phi) is 21.8. The SMILES string of the molecule is CCCCC(CCCC)=C(CCCC)CCCC.O=[P+](O)O[P+](=O)O. The van der Waals surface area contributed by atoms with Crippen molar-refractivity contribution in [1.82, 2.24) is 0 Å². The molecule has 0 aliphatic rings. The molecule has 0 aromatic carbocycles. The van der Waals surface area contributed by atoms with E-state index in [1.54, 1.807) is 0 Å². The van der Waals surface area contributed by atoms with Gasteiger partial charge < -0.3 is 0 Å². The van der Waals surface area contributed by atoms with Crippen molar-refractivity contribution >= 4 is 16.5 Å². The van der Waals surface area contributed by atoms with E-state index in [-0.39, 0.29) is 0 Å². The first-order valence-corrected chi connectivity index (χ1v) is 11.9. The third kappa shape index (κ3) is 20.0. The highest BCUT2D eigenvalue weighted by Crippen LogP contribution is 2.30. The molecule has 0 rings (SSSR count). The molecule has 5 nitrogen and oxygen atoms in total. The van der Waals surface area contributed by atoms with Crippen LogP contribution in [-0.4, -0.2) is 9.79 Å². The van der Waals surface area contributed by atoms with Crippen molar-refractivity contribution in [3.63, 3.8) is 0 Å². The van der Waals surface area contributed by atoms with Crippen molar-refractivity contribution in [3.05, 3.63) is 11.1 Å². The Labute approximate surface area is 156 Å². The van der Waals surface area contributed by atoms with Crippen LogP contribution < -0.4 is 0 Å². The van der Waals surface area contributed by atoms with Crippen molar-refractivity contribution < 1.29 is 23.2 Å². The van der Waals surface area contributed by atoms with Gasteiger partial charge in [0.1, 0.15) is 0 Å². The molecule has 0 aliphatic heterocycles. The number of allylic oxidation sites excluding steroid dienone is 2. The first kappa shape index (κ1) is 27.0. The van der Waals surface area contributed by atoms with Crippen LogP contribution in [0.4, 0.5) is 0 Å². The van der Waals surface area contributed by atoms with Gasteiger partial charge in [-0.3, -0.25) is 0 Å². The lowest BCUT2D eigenvalue weighted by Gasteiger charge is -2.15. The van der Waals surface area contributed by atoms with Crippen molar-refractivity contribution in [3.8, 4) is 0 Å². The fraction of sp³-hybridized carbons (Fsp3) is 0.889. The minimum atomic E-state index is -2.92. The van der Waals surface area contributed by atoms with E-state index >= 15 is 0 Å². The minimum absolute atomic E-state index is 1.34. The smallest absolute Gasteiger partial charge is 0.131 e. The van der Waals surface area contributed by atoms with Crippen molar-refractivity contribution in [2.75, 3.05) is 0 Å². The molecule has 0 heterocycles. The minimum Gasteiger partial charge on any atom is -0.131 e. The van der Waals surface area contributed by atoms with Crippen LogP contribution in [0.5, 0.6) is 0 Å². The maximum atomic E-state index is 9.39. The zero-order chi connectivity index (χ0) is 19.5. The molecular formula is C18H38O5P2+2. The molecule has 0 saturated heterocycles. The summed E-state index contributed by atoms with van der Waals surface area (Å²) in [4.78, 5) is 15.3. The highest BCUT2D eigenvalue weighted by atomic mass is 31.2. The van der Waals surface area contributed by atoms with Crippen LogP contribution >= 0.6 is 16.5 Å². The second-order valence-electron chi connectivity index (χ2n) is 6.18. The lowest BCUT2D eigenvalue weighted by Crippen LogP contribution is -1.95. The van der Waals surface area contributed by atoms with Gasteiger partial charge in [0, 0.05) is 9.13 Å². The summed E-state index contributed by atoms with van der Waals surface area (Å²) in [6.45, 7) is 9.26. The Balaban J connectivity index is 0. The van der Waals surface area contributed by atoms with Crippen LogP contribution in [0.15, 0.2) is 11.1 Å². The molecule has 0 spiro atoms. The maximum Gasteiger partial charge on any atom is 0.745 e. The van der Waals surface area contributed by atoms with Gasteiger partial charge in [0.2, 0.25) is 0 Å². The second-order valence-corrected chi connectivity index (χ2v) is 7.78. The third-order valence-corrected chi connectivity index (χ3v) is 5.09. The fourth-order valence-electron chi connectivity index (χ4n) is 2.58. The zero-order valence-corrected chi connectivity index (χ0v) is 18.3. The Morgan fingerprint density at radius 2 is 0.880 bits per heavy atom. The average molecular weight is 396 g/mol. The molecule has 2 N–H and O–H groups in total. The monoisotopic (exact) mass is 396 g/mol. The molecule has 2 atom stereocenters. The number of hydrogen-bond donors (Lipinski definition) is 2. The Morgan fingerprint density at radius 3 is 1.00 bits per heavy atom. The van der Waals surface area contributed by atoms with Gasteiger partial charge in [0.05, 0.1) is 0 Å². The summed E-state index contributed by atoms with van der Waals surface area (Å²) in [7, 11) is -5.85. The molecule has 148 valence electrons. The van der Waals surface area contributed by atoms with Crippen LogP contribution in [0.3, 0.4) is 0 Å². The van der Waals surface area contributed by atoms with Crippen molar-refractivity contribution in [2.24, 2.45) is 0 Å². The predicted octanol–water partition coefficient (Wildman–Crippen LogP) is 7.35. The van der Waals surface area contributed by atoms with Crippen molar-refractivity contribution in [2.45, 2.75) is 105 Å². The molecule has 0 aromatic heterocycles. The predicted molar refractivity (Wildman–Crippen MR) is 106 cm³/mol. The molecule has 0 fully saturated rings. The van der Waals surface area contributed by atoms with Gasteiger partial charge in [-0.1, -0.05) is 64.5 Å². The van der Waals surface area contributed by atoms with Gasteiger partial charge in [-0.2, -0.15) is 0 Å². The summed E-state index contributed by atoms with van der Waals surface area (Å²) in [6, 6.07) is 0. The van der Waals surface area contributed by atoms with Crippen LogP contribution in [-0.2, 0) is 13.4 Å². The van der Waals surface area contributed by atoms with E-state index < -0.39 is 16.5 Å². The van der Waals surface area contributed by atoms with Crippen molar-refractivity contribution in [1.29, 1.82) is 0 Å². The summed E-state index contributed by atoms with van der Waals surface area (Å²) in [5.74, 6) is 0. The summed E-state index contributed by atoms with van der Waals surface area (Å²) in [5.41, 5.74) is 3.67. The van der Waals surface area contributed by atoms with Gasteiger partial charge in [-0.15, -0.1) is 9.79 Å². The maximum absolute atomic E-state index is 9.39. The highest BCUT2D eigenvalue weighted by molar-refractivity contribution is 7.46. The third-order valence-electron chi connectivity index (χ3n) is 3.97. The van der Waals surface area contributed by atoms with Gasteiger partial charge in [-0.25, -0.2) is 0 Å². The summed E-state index contributed by atoms with van der Waals surface area (Å²) in [5, 5.41) is 0. The van der Waals surface area contributed by atoms with Crippen LogP contribution in [0.25, 0.3) is 0 Å². The Hall–Kier alpha value is -0.180. The average Bonchev–Trinajstić information content (AvgIpc) is 2.55. The molecule has 25 heavy (non-hydrogen) atoms. The topological polar surface area (TPSA) is 83.8 Å². The van der Waals surface area contributed by atoms with Crippen LogP contribution in [0.1, 0.15) is 105 Å². The van der Waals surface area contributed by atoms with Gasteiger partial charge in [0.15, 0.2) is 4.31 Å². The summed E-state index contributed by atoms with van der Waals surface area (Å²) >= 11 is 0. The molecular weight excluding hydrogens is 358 g/mol. The molecule has 7 heteroatoms.